The Morgan fingerprint density at radius 1 is 1.78 bits per heavy atom. The Balaban J connectivity index is 3.72. The lowest BCUT2D eigenvalue weighted by Crippen LogP contribution is -2.37. The first-order valence-corrected chi connectivity index (χ1v) is 3.04. The predicted octanol–water partition coefficient (Wildman–Crippen LogP) is -0.800. The van der Waals surface area contributed by atoms with Gasteiger partial charge in [-0.2, -0.15) is 0 Å². The van der Waals surface area contributed by atoms with Crippen LogP contribution in [0.15, 0.2) is 0 Å². The van der Waals surface area contributed by atoms with E-state index in [1.54, 1.807) is 6.92 Å². The van der Waals surface area contributed by atoms with Crippen molar-refractivity contribution in [1.29, 1.82) is 0 Å². The molecule has 9 heavy (non-hydrogen) atoms. The number of hydrogen-bond donors (Lipinski definition) is 3. The standard InChI is InChI=1S/C4H10NO3P/c1-2(5-9)3(6)4(7)8/h2-3,5-6H,9H2,1H3,(H,7,8)/t2?,3-/m0/s1. The van der Waals surface area contributed by atoms with E-state index in [2.05, 4.69) is 14.5 Å². The van der Waals surface area contributed by atoms with Gasteiger partial charge in [-0.05, 0) is 6.92 Å². The van der Waals surface area contributed by atoms with Crippen LogP contribution in [0.2, 0.25) is 0 Å². The molecule has 0 bridgehead atoms. The van der Waals surface area contributed by atoms with Crippen molar-refractivity contribution < 1.29 is 15.0 Å². The highest BCUT2D eigenvalue weighted by molar-refractivity contribution is 7.13. The maximum absolute atomic E-state index is 10.0. The summed E-state index contributed by atoms with van der Waals surface area (Å²) in [5.74, 6) is -1.21. The monoisotopic (exact) mass is 151 g/mol. The summed E-state index contributed by atoms with van der Waals surface area (Å²) in [6.45, 7) is 1.58. The fourth-order valence-electron chi connectivity index (χ4n) is 0.305. The van der Waals surface area contributed by atoms with Gasteiger partial charge in [-0.25, -0.2) is 4.79 Å². The van der Waals surface area contributed by atoms with Gasteiger partial charge in [-0.1, -0.05) is 9.39 Å². The maximum Gasteiger partial charge on any atom is 0.334 e. The van der Waals surface area contributed by atoms with E-state index in [9.17, 15) is 4.79 Å². The molecular formula is C4H10NO3P. The molecule has 0 rings (SSSR count). The highest BCUT2D eigenvalue weighted by Crippen LogP contribution is 1.93. The highest BCUT2D eigenvalue weighted by Gasteiger charge is 2.19. The summed E-state index contributed by atoms with van der Waals surface area (Å²) >= 11 is 0. The molecule has 5 heteroatoms. The molecule has 0 aliphatic heterocycles. The number of aliphatic hydroxyl groups is 1. The van der Waals surface area contributed by atoms with E-state index in [0.29, 0.717) is 0 Å². The van der Waals surface area contributed by atoms with Crippen LogP contribution in [0.3, 0.4) is 0 Å². The molecule has 0 fully saturated rings. The number of hydrogen-bond acceptors (Lipinski definition) is 3. The van der Waals surface area contributed by atoms with Crippen molar-refractivity contribution in [2.75, 3.05) is 0 Å². The largest absolute Gasteiger partial charge is 0.479 e. The van der Waals surface area contributed by atoms with Crippen LogP contribution in [-0.4, -0.2) is 28.3 Å². The Hall–Kier alpha value is -0.180. The third kappa shape index (κ3) is 2.75. The summed E-state index contributed by atoms with van der Waals surface area (Å²) < 4.78 is 0. The second kappa shape index (κ2) is 3.77. The Morgan fingerprint density at radius 2 is 2.22 bits per heavy atom. The van der Waals surface area contributed by atoms with Gasteiger partial charge in [0.05, 0.1) is 0 Å². The lowest BCUT2D eigenvalue weighted by Gasteiger charge is -2.12. The number of nitrogens with one attached hydrogen (secondary N) is 1. The average Bonchev–Trinajstić information content (AvgIpc) is 1.84. The van der Waals surface area contributed by atoms with Crippen molar-refractivity contribution >= 4 is 15.4 Å². The minimum absolute atomic E-state index is 0.438. The molecule has 3 N–H and O–H groups in total. The third-order valence-corrected chi connectivity index (χ3v) is 1.52. The Bertz CT molecular complexity index is 108. The average molecular weight is 151 g/mol. The zero-order chi connectivity index (χ0) is 7.44. The van der Waals surface area contributed by atoms with E-state index in [0.717, 1.165) is 0 Å². The minimum Gasteiger partial charge on any atom is -0.479 e. The molecule has 4 nitrogen and oxygen atoms in total. The van der Waals surface area contributed by atoms with Crippen molar-refractivity contribution in [3.05, 3.63) is 0 Å². The summed E-state index contributed by atoms with van der Waals surface area (Å²) in [5, 5.41) is 19.4. The van der Waals surface area contributed by atoms with Crippen molar-refractivity contribution in [3.8, 4) is 0 Å². The Morgan fingerprint density at radius 3 is 2.33 bits per heavy atom. The fraction of sp³-hybridized carbons (Fsp3) is 0.750. The van der Waals surface area contributed by atoms with E-state index < -0.39 is 18.1 Å². The molecule has 0 aromatic carbocycles. The predicted molar refractivity (Wildman–Crippen MR) is 36.0 cm³/mol. The third-order valence-electron chi connectivity index (χ3n) is 0.990. The smallest absolute Gasteiger partial charge is 0.334 e. The summed E-state index contributed by atoms with van der Waals surface area (Å²) in [6.07, 6.45) is -1.33. The first-order chi connectivity index (χ1) is 4.09. The van der Waals surface area contributed by atoms with Crippen LogP contribution in [0.5, 0.6) is 0 Å². The highest BCUT2D eigenvalue weighted by atomic mass is 31.0. The van der Waals surface area contributed by atoms with Crippen molar-refractivity contribution in [2.45, 2.75) is 19.1 Å². The van der Waals surface area contributed by atoms with Crippen LogP contribution < -0.4 is 5.09 Å². The molecule has 54 valence electrons. The molecule has 0 amide bonds. The van der Waals surface area contributed by atoms with Gasteiger partial charge in [0.15, 0.2) is 6.10 Å². The summed E-state index contributed by atoms with van der Waals surface area (Å²) in [6, 6.07) is -0.438. The molecule has 0 spiro atoms. The summed E-state index contributed by atoms with van der Waals surface area (Å²) in [4.78, 5) is 10.0. The van der Waals surface area contributed by atoms with Crippen molar-refractivity contribution in [2.24, 2.45) is 0 Å². The molecule has 2 unspecified atom stereocenters. The van der Waals surface area contributed by atoms with E-state index in [1.165, 1.54) is 0 Å². The SMILES string of the molecule is CC(NP)[C@H](O)C(=O)O. The molecule has 0 heterocycles. The first kappa shape index (κ1) is 8.82. The number of aliphatic hydroxyl groups excluding tert-OH is 1. The zero-order valence-corrected chi connectivity index (χ0v) is 6.19. The van der Waals surface area contributed by atoms with Gasteiger partial charge < -0.3 is 10.2 Å². The van der Waals surface area contributed by atoms with Gasteiger partial charge in [0.2, 0.25) is 0 Å². The zero-order valence-electron chi connectivity index (χ0n) is 5.03. The van der Waals surface area contributed by atoms with Crippen LogP contribution in [0.4, 0.5) is 0 Å². The van der Waals surface area contributed by atoms with E-state index in [4.69, 9.17) is 10.2 Å². The number of rotatable bonds is 3. The van der Waals surface area contributed by atoms with E-state index in [1.807, 2.05) is 0 Å². The molecule has 3 atom stereocenters. The van der Waals surface area contributed by atoms with E-state index >= 15 is 0 Å². The normalized spacial score (nSPS) is 16.8. The second-order valence-electron chi connectivity index (χ2n) is 1.74. The number of carboxylic acid groups (broad SMARTS) is 1. The van der Waals surface area contributed by atoms with Crippen LogP contribution in [0.25, 0.3) is 0 Å². The number of carboxylic acids is 1. The second-order valence-corrected chi connectivity index (χ2v) is 2.07. The number of aliphatic carboxylic acids is 1. The summed E-state index contributed by atoms with van der Waals surface area (Å²) in [5.41, 5.74) is 0. The minimum atomic E-state index is -1.33. The van der Waals surface area contributed by atoms with Gasteiger partial charge in [-0.15, -0.1) is 0 Å². The molecular weight excluding hydrogens is 141 g/mol. The van der Waals surface area contributed by atoms with Crippen LogP contribution >= 0.6 is 9.39 Å². The van der Waals surface area contributed by atoms with Gasteiger partial charge >= 0.3 is 5.97 Å². The van der Waals surface area contributed by atoms with Crippen LogP contribution in [0, 0.1) is 0 Å². The molecule has 0 radical (unpaired) electrons. The number of carbonyl (C=O) groups is 1. The lowest BCUT2D eigenvalue weighted by atomic mass is 10.2. The molecule has 0 saturated heterocycles. The molecule has 0 aromatic heterocycles. The maximum atomic E-state index is 10.0. The van der Waals surface area contributed by atoms with Crippen LogP contribution in [0.1, 0.15) is 6.92 Å². The lowest BCUT2D eigenvalue weighted by molar-refractivity contribution is -0.147. The topological polar surface area (TPSA) is 69.6 Å². The quantitative estimate of drug-likeness (QED) is 0.462. The molecule has 0 saturated carbocycles. The molecule has 0 aromatic rings. The Labute approximate surface area is 55.5 Å². The van der Waals surface area contributed by atoms with Gasteiger partial charge in [0.25, 0.3) is 0 Å². The molecule has 0 aliphatic carbocycles. The van der Waals surface area contributed by atoms with Crippen molar-refractivity contribution in [3.63, 3.8) is 0 Å². The van der Waals surface area contributed by atoms with Gasteiger partial charge in [0.1, 0.15) is 0 Å². The first-order valence-electron chi connectivity index (χ1n) is 2.46. The van der Waals surface area contributed by atoms with Crippen molar-refractivity contribution in [1.82, 2.24) is 5.09 Å². The van der Waals surface area contributed by atoms with E-state index in [-0.39, 0.29) is 0 Å². The van der Waals surface area contributed by atoms with Gasteiger partial charge in [-0.3, -0.25) is 5.09 Å². The van der Waals surface area contributed by atoms with Gasteiger partial charge in [0, 0.05) is 6.04 Å². The fourth-order valence-corrected chi connectivity index (χ4v) is 0.487. The van der Waals surface area contributed by atoms with Crippen LogP contribution in [-0.2, 0) is 4.79 Å². The Kier molecular flexibility index (Phi) is 3.70. The summed E-state index contributed by atoms with van der Waals surface area (Å²) in [7, 11) is 2.13. The molecule has 0 aliphatic rings.